The molecule has 0 spiro atoms. The van der Waals surface area contributed by atoms with E-state index in [4.69, 9.17) is 10.5 Å². The number of hydrogen-bond acceptors (Lipinski definition) is 6. The molecule has 8 nitrogen and oxygen atoms in total. The zero-order valence-corrected chi connectivity index (χ0v) is 12.6. The third-order valence-corrected chi connectivity index (χ3v) is 6.43. The summed E-state index contributed by atoms with van der Waals surface area (Å²) in [5, 5.41) is 36.6. The van der Waals surface area contributed by atoms with Crippen molar-refractivity contribution >= 4 is 11.9 Å². The van der Waals surface area contributed by atoms with Gasteiger partial charge in [0.2, 0.25) is 0 Å². The smallest absolute Gasteiger partial charge is 0.306 e. The van der Waals surface area contributed by atoms with Crippen LogP contribution < -0.4 is 0 Å². The number of fused-ring (bicyclic) bond motifs is 3. The maximum absolute atomic E-state index is 11.6. The van der Waals surface area contributed by atoms with Gasteiger partial charge in [-0.05, 0) is 54.8 Å². The first-order valence-electron chi connectivity index (χ1n) is 7.97. The molecule has 3 saturated carbocycles. The van der Waals surface area contributed by atoms with E-state index in [1.54, 1.807) is 0 Å². The summed E-state index contributed by atoms with van der Waals surface area (Å²) in [5.74, 6) is -3.53. The van der Waals surface area contributed by atoms with Gasteiger partial charge in [0.15, 0.2) is 0 Å². The molecule has 0 bridgehead atoms. The van der Waals surface area contributed by atoms with Crippen LogP contribution in [0.1, 0.15) is 19.3 Å². The van der Waals surface area contributed by atoms with E-state index < -0.39 is 23.8 Å². The van der Waals surface area contributed by atoms with Crippen LogP contribution in [0, 0.1) is 47.3 Å². The van der Waals surface area contributed by atoms with Crippen LogP contribution in [0.25, 0.3) is 0 Å². The largest absolute Gasteiger partial charge is 0.481 e. The highest BCUT2D eigenvalue weighted by molar-refractivity contribution is 5.76. The minimum atomic E-state index is -0.949. The summed E-state index contributed by atoms with van der Waals surface area (Å²) in [6.07, 6.45) is 1.47. The summed E-state index contributed by atoms with van der Waals surface area (Å²) in [4.78, 5) is 31.8. The first-order chi connectivity index (χ1) is 11.0. The standard InChI is InChI=1S/C15H22O8/c16-14(17)10-3-11(15(18)19)13-9(10)2-8-6(4-22-20)1-7(5-23-21)12(8)13/h6-13,20-21H,1-5H2,(H,16,17)(H,18,19). The van der Waals surface area contributed by atoms with Gasteiger partial charge in [0, 0.05) is 0 Å². The molecule has 130 valence electrons. The third kappa shape index (κ3) is 2.63. The molecule has 3 aliphatic rings. The Balaban J connectivity index is 1.90. The number of hydrogen-bond donors (Lipinski definition) is 4. The molecule has 3 rings (SSSR count). The molecule has 8 heteroatoms. The Bertz CT molecular complexity index is 480. The van der Waals surface area contributed by atoms with Gasteiger partial charge in [0.1, 0.15) is 0 Å². The highest BCUT2D eigenvalue weighted by Crippen LogP contribution is 2.63. The van der Waals surface area contributed by atoms with E-state index in [0.717, 1.165) is 0 Å². The van der Waals surface area contributed by atoms with Crippen LogP contribution in [-0.2, 0) is 19.4 Å². The molecule has 0 aliphatic heterocycles. The maximum atomic E-state index is 11.6. The molecule has 23 heavy (non-hydrogen) atoms. The first-order valence-corrected chi connectivity index (χ1v) is 7.97. The van der Waals surface area contributed by atoms with E-state index in [1.807, 2.05) is 0 Å². The quantitative estimate of drug-likeness (QED) is 0.423. The second kappa shape index (κ2) is 6.35. The van der Waals surface area contributed by atoms with Crippen molar-refractivity contribution in [3.8, 4) is 0 Å². The second-order valence-electron chi connectivity index (χ2n) is 7.19. The molecule has 0 aromatic heterocycles. The average molecular weight is 330 g/mol. The minimum absolute atomic E-state index is 0.0160. The topological polar surface area (TPSA) is 134 Å². The van der Waals surface area contributed by atoms with Gasteiger partial charge in [-0.1, -0.05) is 0 Å². The third-order valence-electron chi connectivity index (χ3n) is 6.43. The van der Waals surface area contributed by atoms with E-state index in [1.165, 1.54) is 0 Å². The molecule has 3 fully saturated rings. The fourth-order valence-electron chi connectivity index (χ4n) is 5.81. The van der Waals surface area contributed by atoms with Crippen LogP contribution in [0.3, 0.4) is 0 Å². The molecular formula is C15H22O8. The summed E-state index contributed by atoms with van der Waals surface area (Å²) in [6.45, 7) is 0.231. The molecule has 0 aromatic carbocycles. The predicted octanol–water partition coefficient (Wildman–Crippen LogP) is 1.28. The lowest BCUT2D eigenvalue weighted by Crippen LogP contribution is -2.30. The van der Waals surface area contributed by atoms with Crippen molar-refractivity contribution < 1.29 is 40.1 Å². The molecule has 3 aliphatic carbocycles. The second-order valence-corrected chi connectivity index (χ2v) is 7.19. The van der Waals surface area contributed by atoms with Crippen molar-refractivity contribution in [1.29, 1.82) is 0 Å². The lowest BCUT2D eigenvalue weighted by Gasteiger charge is -2.27. The van der Waals surface area contributed by atoms with Crippen molar-refractivity contribution in [3.05, 3.63) is 0 Å². The number of rotatable bonds is 6. The summed E-state index contributed by atoms with van der Waals surface area (Å²) in [5.41, 5.74) is 0. The number of aliphatic carboxylic acids is 2. The first kappa shape index (κ1) is 16.6. The Labute approximate surface area is 132 Å². The van der Waals surface area contributed by atoms with E-state index in [0.29, 0.717) is 12.8 Å². The summed E-state index contributed by atoms with van der Waals surface area (Å²) in [7, 11) is 0. The van der Waals surface area contributed by atoms with E-state index in [9.17, 15) is 19.8 Å². The lowest BCUT2D eigenvalue weighted by molar-refractivity contribution is -0.257. The van der Waals surface area contributed by atoms with Crippen LogP contribution >= 0.6 is 0 Å². The van der Waals surface area contributed by atoms with Gasteiger partial charge in [-0.3, -0.25) is 20.1 Å². The normalized spacial score (nSPS) is 45.0. The Morgan fingerprint density at radius 2 is 1.39 bits per heavy atom. The Morgan fingerprint density at radius 1 is 0.783 bits per heavy atom. The van der Waals surface area contributed by atoms with Crippen molar-refractivity contribution in [2.24, 2.45) is 47.3 Å². The van der Waals surface area contributed by atoms with Crippen molar-refractivity contribution in [2.75, 3.05) is 13.2 Å². The highest BCUT2D eigenvalue weighted by atomic mass is 17.1. The molecule has 0 radical (unpaired) electrons. The van der Waals surface area contributed by atoms with Gasteiger partial charge in [-0.2, -0.15) is 0 Å². The molecule has 0 saturated heterocycles. The van der Waals surface area contributed by atoms with Gasteiger partial charge in [-0.15, -0.1) is 0 Å². The molecule has 0 aromatic rings. The Hall–Kier alpha value is -1.22. The number of carbonyl (C=O) groups is 2. The fraction of sp³-hybridized carbons (Fsp3) is 0.867. The summed E-state index contributed by atoms with van der Waals surface area (Å²) >= 11 is 0. The average Bonchev–Trinajstić information content (AvgIpc) is 3.10. The van der Waals surface area contributed by atoms with E-state index in [-0.39, 0.29) is 55.1 Å². The zero-order chi connectivity index (χ0) is 16.7. The van der Waals surface area contributed by atoms with Crippen LogP contribution in [0.5, 0.6) is 0 Å². The lowest BCUT2D eigenvalue weighted by atomic mass is 9.78. The van der Waals surface area contributed by atoms with Gasteiger partial charge < -0.3 is 10.2 Å². The Morgan fingerprint density at radius 3 is 1.96 bits per heavy atom. The van der Waals surface area contributed by atoms with Gasteiger partial charge >= 0.3 is 11.9 Å². The van der Waals surface area contributed by atoms with Crippen LogP contribution in [0.15, 0.2) is 0 Å². The summed E-state index contributed by atoms with van der Waals surface area (Å²) in [6, 6.07) is 0. The molecule has 4 N–H and O–H groups in total. The van der Waals surface area contributed by atoms with Crippen molar-refractivity contribution in [3.63, 3.8) is 0 Å². The SMILES string of the molecule is O=C(O)C1CC(C(=O)O)C2C1CC1C(COO)CC(COO)C12. The van der Waals surface area contributed by atoms with Gasteiger partial charge in [-0.25, -0.2) is 9.78 Å². The van der Waals surface area contributed by atoms with Crippen molar-refractivity contribution in [1.82, 2.24) is 0 Å². The van der Waals surface area contributed by atoms with Crippen LogP contribution in [0.2, 0.25) is 0 Å². The molecule has 8 unspecified atom stereocenters. The van der Waals surface area contributed by atoms with Crippen molar-refractivity contribution in [2.45, 2.75) is 19.3 Å². The molecular weight excluding hydrogens is 308 g/mol. The van der Waals surface area contributed by atoms with Gasteiger partial charge in [0.25, 0.3) is 0 Å². The molecule has 0 heterocycles. The maximum Gasteiger partial charge on any atom is 0.306 e. The fourth-order valence-corrected chi connectivity index (χ4v) is 5.81. The highest BCUT2D eigenvalue weighted by Gasteiger charge is 2.63. The molecule has 8 atom stereocenters. The Kier molecular flexibility index (Phi) is 4.59. The van der Waals surface area contributed by atoms with Gasteiger partial charge in [0.05, 0.1) is 25.0 Å². The van der Waals surface area contributed by atoms with Crippen LogP contribution in [-0.4, -0.2) is 45.9 Å². The van der Waals surface area contributed by atoms with E-state index >= 15 is 0 Å². The number of carboxylic acids is 2. The zero-order valence-electron chi connectivity index (χ0n) is 12.6. The van der Waals surface area contributed by atoms with Crippen LogP contribution in [0.4, 0.5) is 0 Å². The predicted molar refractivity (Wildman–Crippen MR) is 74.2 cm³/mol. The minimum Gasteiger partial charge on any atom is -0.481 e. The summed E-state index contributed by atoms with van der Waals surface area (Å²) < 4.78 is 0. The monoisotopic (exact) mass is 330 g/mol. The van der Waals surface area contributed by atoms with E-state index in [2.05, 4.69) is 9.78 Å². The number of carboxylic acid groups (broad SMARTS) is 2. The molecule has 0 amide bonds.